The van der Waals surface area contributed by atoms with Crippen LogP contribution >= 0.6 is 0 Å². The van der Waals surface area contributed by atoms with Crippen LogP contribution in [0, 0.1) is 0 Å². The quantitative estimate of drug-likeness (QED) is 0.625. The first-order chi connectivity index (χ1) is 14.2. The molecule has 3 heterocycles. The van der Waals surface area contributed by atoms with Crippen molar-refractivity contribution < 1.29 is 10.0 Å². The largest absolute Gasteiger partial charge is 0.411 e. The Hall–Kier alpha value is -2.60. The number of carbonyl (C=O) groups is 1. The Bertz CT molecular complexity index is 866. The first-order valence-electron chi connectivity index (χ1n) is 10.6. The van der Waals surface area contributed by atoms with Crippen LogP contribution < -0.4 is 0 Å². The van der Waals surface area contributed by atoms with Gasteiger partial charge in [0.05, 0.1) is 5.71 Å². The minimum absolute atomic E-state index is 0.0361. The zero-order valence-corrected chi connectivity index (χ0v) is 17.1. The molecule has 154 valence electrons. The fourth-order valence-electron chi connectivity index (χ4n) is 4.67. The van der Waals surface area contributed by atoms with Crippen LogP contribution in [0.1, 0.15) is 53.2 Å². The Morgan fingerprint density at radius 2 is 1.83 bits per heavy atom. The number of fused-ring (bicyclic) bond motifs is 1. The van der Waals surface area contributed by atoms with Crippen molar-refractivity contribution in [2.45, 2.75) is 31.6 Å². The van der Waals surface area contributed by atoms with Crippen molar-refractivity contribution in [1.82, 2.24) is 14.4 Å². The molecule has 4 rings (SSSR count). The summed E-state index contributed by atoms with van der Waals surface area (Å²) >= 11 is 0. The summed E-state index contributed by atoms with van der Waals surface area (Å²) < 4.78 is 1.83. The van der Waals surface area contributed by atoms with Gasteiger partial charge in [-0.2, -0.15) is 0 Å². The number of oxime groups is 1. The zero-order chi connectivity index (χ0) is 20.2. The van der Waals surface area contributed by atoms with Crippen molar-refractivity contribution >= 4 is 11.6 Å². The van der Waals surface area contributed by atoms with Gasteiger partial charge < -0.3 is 19.6 Å². The van der Waals surface area contributed by atoms with Crippen molar-refractivity contribution in [3.8, 4) is 0 Å². The van der Waals surface area contributed by atoms with E-state index in [1.165, 1.54) is 18.4 Å². The molecule has 0 radical (unpaired) electrons. The van der Waals surface area contributed by atoms with Gasteiger partial charge in [-0.25, -0.2) is 0 Å². The van der Waals surface area contributed by atoms with E-state index in [1.54, 1.807) is 0 Å². The first-order valence-corrected chi connectivity index (χ1v) is 10.6. The Kier molecular flexibility index (Phi) is 6.00. The molecule has 1 N–H and O–H groups in total. The maximum Gasteiger partial charge on any atom is 0.271 e. The van der Waals surface area contributed by atoms with Crippen molar-refractivity contribution in [2.75, 3.05) is 32.7 Å². The summed E-state index contributed by atoms with van der Waals surface area (Å²) in [4.78, 5) is 17.5. The summed E-state index contributed by atoms with van der Waals surface area (Å²) in [5.74, 6) is 0.709. The average molecular weight is 395 g/mol. The van der Waals surface area contributed by atoms with Gasteiger partial charge in [0.2, 0.25) is 0 Å². The molecular formula is C23H30N4O2. The molecule has 0 bridgehead atoms. The number of aromatic nitrogens is 1. The van der Waals surface area contributed by atoms with Crippen LogP contribution in [0.15, 0.2) is 47.8 Å². The van der Waals surface area contributed by atoms with Gasteiger partial charge in [0.1, 0.15) is 5.69 Å². The molecule has 0 saturated carbocycles. The Labute approximate surface area is 172 Å². The molecule has 1 amide bonds. The van der Waals surface area contributed by atoms with Gasteiger partial charge in [-0.15, -0.1) is 0 Å². The summed E-state index contributed by atoms with van der Waals surface area (Å²) in [5.41, 5.74) is 3.44. The van der Waals surface area contributed by atoms with Gasteiger partial charge in [-0.05, 0) is 56.4 Å². The van der Waals surface area contributed by atoms with E-state index in [1.807, 2.05) is 28.8 Å². The molecule has 6 nitrogen and oxygen atoms in total. The van der Waals surface area contributed by atoms with Crippen LogP contribution in [0.2, 0.25) is 0 Å². The van der Waals surface area contributed by atoms with E-state index in [0.717, 1.165) is 38.2 Å². The van der Waals surface area contributed by atoms with Crippen molar-refractivity contribution in [1.29, 1.82) is 0 Å². The van der Waals surface area contributed by atoms with Crippen LogP contribution in [-0.4, -0.2) is 63.9 Å². The van der Waals surface area contributed by atoms with Gasteiger partial charge in [0, 0.05) is 38.3 Å². The maximum absolute atomic E-state index is 13.0. The number of hydrogen-bond acceptors (Lipinski definition) is 4. The fourth-order valence-corrected chi connectivity index (χ4v) is 4.67. The number of carbonyl (C=O) groups excluding carboxylic acids is 1. The standard InChI is InChI=1S/C23H30N4O2/c1-25-14-10-20-21(24-29)11-17-27(23(28)22(20)25)13-5-12-26-15-8-19(9-16-26)18-6-3-2-4-7-18/h2-4,6-7,10,14,19,29H,5,8-9,11-13,15-17H2,1H3/b24-21-. The van der Waals surface area contributed by atoms with Crippen LogP contribution in [0.25, 0.3) is 0 Å². The second-order valence-corrected chi connectivity index (χ2v) is 8.16. The number of likely N-dealkylation sites (tertiary alicyclic amines) is 1. The third kappa shape index (κ3) is 4.22. The minimum Gasteiger partial charge on any atom is -0.411 e. The molecule has 29 heavy (non-hydrogen) atoms. The van der Waals surface area contributed by atoms with Crippen LogP contribution in [0.4, 0.5) is 0 Å². The molecule has 2 aromatic rings. The molecule has 1 aromatic heterocycles. The van der Waals surface area contributed by atoms with Crippen molar-refractivity contribution in [2.24, 2.45) is 12.2 Å². The number of nitrogens with zero attached hydrogens (tertiary/aromatic N) is 4. The third-order valence-corrected chi connectivity index (χ3v) is 6.37. The highest BCUT2D eigenvalue weighted by Crippen LogP contribution is 2.28. The summed E-state index contributed by atoms with van der Waals surface area (Å²) in [6, 6.07) is 12.7. The normalized spacial score (nSPS) is 20.1. The van der Waals surface area contributed by atoms with Gasteiger partial charge in [-0.1, -0.05) is 35.5 Å². The van der Waals surface area contributed by atoms with Gasteiger partial charge in [0.15, 0.2) is 0 Å². The van der Waals surface area contributed by atoms with E-state index in [4.69, 9.17) is 0 Å². The highest BCUT2D eigenvalue weighted by atomic mass is 16.4. The Balaban J connectivity index is 1.29. The molecule has 1 saturated heterocycles. The lowest BCUT2D eigenvalue weighted by molar-refractivity contribution is 0.0744. The molecule has 0 unspecified atom stereocenters. The molecule has 2 aliphatic rings. The highest BCUT2D eigenvalue weighted by Gasteiger charge is 2.28. The van der Waals surface area contributed by atoms with Gasteiger partial charge >= 0.3 is 0 Å². The molecule has 0 aliphatic carbocycles. The lowest BCUT2D eigenvalue weighted by Gasteiger charge is -2.32. The molecule has 1 aromatic carbocycles. The zero-order valence-electron chi connectivity index (χ0n) is 17.1. The molecule has 2 aliphatic heterocycles. The smallest absolute Gasteiger partial charge is 0.271 e. The number of hydrogen-bond donors (Lipinski definition) is 1. The number of amides is 1. The lowest BCUT2D eigenvalue weighted by atomic mass is 9.89. The van der Waals surface area contributed by atoms with E-state index < -0.39 is 0 Å². The summed E-state index contributed by atoms with van der Waals surface area (Å²) in [5, 5.41) is 12.8. The second kappa shape index (κ2) is 8.82. The van der Waals surface area contributed by atoms with Crippen LogP contribution in [-0.2, 0) is 7.05 Å². The molecular weight excluding hydrogens is 364 g/mol. The monoisotopic (exact) mass is 394 g/mol. The van der Waals surface area contributed by atoms with Crippen molar-refractivity contribution in [3.05, 3.63) is 59.4 Å². The number of aryl methyl sites for hydroxylation is 1. The topological polar surface area (TPSA) is 61.1 Å². The van der Waals surface area contributed by atoms with Gasteiger partial charge in [-0.3, -0.25) is 4.79 Å². The number of benzene rings is 1. The highest BCUT2D eigenvalue weighted by molar-refractivity contribution is 6.11. The fraction of sp³-hybridized carbons (Fsp3) is 0.478. The average Bonchev–Trinajstić information content (AvgIpc) is 3.08. The molecule has 0 spiro atoms. The third-order valence-electron chi connectivity index (χ3n) is 6.37. The van der Waals surface area contributed by atoms with Gasteiger partial charge in [0.25, 0.3) is 5.91 Å². The van der Waals surface area contributed by atoms with E-state index in [0.29, 0.717) is 30.3 Å². The van der Waals surface area contributed by atoms with E-state index >= 15 is 0 Å². The maximum atomic E-state index is 13.0. The molecule has 1 fully saturated rings. The number of piperidine rings is 1. The number of rotatable bonds is 5. The summed E-state index contributed by atoms with van der Waals surface area (Å²) in [6.07, 6.45) is 5.81. The van der Waals surface area contributed by atoms with Crippen LogP contribution in [0.3, 0.4) is 0 Å². The molecule has 6 heteroatoms. The Morgan fingerprint density at radius 1 is 1.07 bits per heavy atom. The lowest BCUT2D eigenvalue weighted by Crippen LogP contribution is -2.37. The second-order valence-electron chi connectivity index (χ2n) is 8.16. The SMILES string of the molecule is Cn1ccc2c1C(=O)N(CCCN1CCC(c3ccccc3)CC1)CC/C2=N/O. The van der Waals surface area contributed by atoms with E-state index in [2.05, 4.69) is 40.4 Å². The predicted molar refractivity (Wildman–Crippen MR) is 114 cm³/mol. The van der Waals surface area contributed by atoms with Crippen molar-refractivity contribution in [3.63, 3.8) is 0 Å². The van der Waals surface area contributed by atoms with E-state index in [-0.39, 0.29) is 5.91 Å². The molecule has 0 atom stereocenters. The Morgan fingerprint density at radius 3 is 2.55 bits per heavy atom. The van der Waals surface area contributed by atoms with E-state index in [9.17, 15) is 10.0 Å². The predicted octanol–water partition coefficient (Wildman–Crippen LogP) is 3.32. The summed E-state index contributed by atoms with van der Waals surface area (Å²) in [7, 11) is 1.87. The van der Waals surface area contributed by atoms with Crippen LogP contribution in [0.5, 0.6) is 0 Å². The minimum atomic E-state index is 0.0361. The first kappa shape index (κ1) is 19.7. The summed E-state index contributed by atoms with van der Waals surface area (Å²) in [6.45, 7) is 4.60.